The number of thioether (sulfide) groups is 1. The first-order valence-corrected chi connectivity index (χ1v) is 11.5. The highest BCUT2D eigenvalue weighted by Crippen LogP contribution is 2.28. The van der Waals surface area contributed by atoms with Gasteiger partial charge in [0, 0.05) is 30.8 Å². The third-order valence-electron chi connectivity index (χ3n) is 4.75. The van der Waals surface area contributed by atoms with Gasteiger partial charge in [0.2, 0.25) is 11.9 Å². The second-order valence-electron chi connectivity index (χ2n) is 8.02. The molecule has 1 amide bonds. The summed E-state index contributed by atoms with van der Waals surface area (Å²) in [6, 6.07) is 6.40. The van der Waals surface area contributed by atoms with E-state index in [0.717, 1.165) is 16.3 Å². The van der Waals surface area contributed by atoms with E-state index in [9.17, 15) is 22.8 Å². The van der Waals surface area contributed by atoms with Gasteiger partial charge in [-0.1, -0.05) is 25.6 Å². The number of benzene rings is 1. The Morgan fingerprint density at radius 2 is 1.82 bits per heavy atom. The van der Waals surface area contributed by atoms with E-state index in [1.165, 1.54) is 0 Å². The quantitative estimate of drug-likeness (QED) is 0.429. The molecule has 0 radical (unpaired) electrons. The number of morpholine rings is 1. The highest BCUT2D eigenvalue weighted by Gasteiger charge is 2.33. The van der Waals surface area contributed by atoms with Crippen LogP contribution in [-0.4, -0.2) is 64.7 Å². The van der Waals surface area contributed by atoms with Gasteiger partial charge in [-0.25, -0.2) is 0 Å². The summed E-state index contributed by atoms with van der Waals surface area (Å²) in [4.78, 5) is 26.1. The second kappa shape index (κ2) is 11.0. The standard InChI is InChI=1S/C21H26F3N5O3S/c1-14(2)11-18(31)25-16-5-3-15(4-6-16)17(30)12-33-20-27-26-19(28-7-9-32-10-8-28)29(20)13-21(22,23)24/h3-6,14H,7-13H2,1-2H3,(H,25,31). The molecule has 0 unspecified atom stereocenters. The third-order valence-corrected chi connectivity index (χ3v) is 5.71. The van der Waals surface area contributed by atoms with Crippen molar-refractivity contribution in [3.05, 3.63) is 29.8 Å². The highest BCUT2D eigenvalue weighted by atomic mass is 32.2. The molecule has 8 nitrogen and oxygen atoms in total. The first kappa shape index (κ1) is 25.0. The van der Waals surface area contributed by atoms with E-state index in [2.05, 4.69) is 15.5 Å². The molecular weight excluding hydrogens is 459 g/mol. The van der Waals surface area contributed by atoms with Crippen LogP contribution in [0.4, 0.5) is 24.8 Å². The molecule has 180 valence electrons. The van der Waals surface area contributed by atoms with Crippen LogP contribution in [0, 0.1) is 5.92 Å². The minimum absolute atomic E-state index is 0.0275. The van der Waals surface area contributed by atoms with Crippen molar-refractivity contribution in [2.45, 2.75) is 38.1 Å². The number of ketones is 1. The van der Waals surface area contributed by atoms with Crippen LogP contribution in [0.1, 0.15) is 30.6 Å². The summed E-state index contributed by atoms with van der Waals surface area (Å²) in [5, 5.41) is 10.6. The highest BCUT2D eigenvalue weighted by molar-refractivity contribution is 7.99. The number of nitrogens with one attached hydrogen (secondary N) is 1. The van der Waals surface area contributed by atoms with Gasteiger partial charge in [-0.3, -0.25) is 14.2 Å². The second-order valence-corrected chi connectivity index (χ2v) is 8.96. The van der Waals surface area contributed by atoms with Gasteiger partial charge >= 0.3 is 6.18 Å². The molecule has 1 N–H and O–H groups in total. The third kappa shape index (κ3) is 7.46. The van der Waals surface area contributed by atoms with Crippen LogP contribution in [0.5, 0.6) is 0 Å². The van der Waals surface area contributed by atoms with Crippen molar-refractivity contribution in [1.82, 2.24) is 14.8 Å². The zero-order valence-electron chi connectivity index (χ0n) is 18.4. The van der Waals surface area contributed by atoms with Crippen LogP contribution in [0.2, 0.25) is 0 Å². The molecule has 1 saturated heterocycles. The number of rotatable bonds is 9. The van der Waals surface area contributed by atoms with E-state index in [1.807, 2.05) is 13.8 Å². The molecule has 3 rings (SSSR count). The number of amides is 1. The molecule has 1 fully saturated rings. The fourth-order valence-electron chi connectivity index (χ4n) is 3.24. The van der Waals surface area contributed by atoms with Crippen molar-refractivity contribution in [3.63, 3.8) is 0 Å². The first-order chi connectivity index (χ1) is 15.6. The van der Waals surface area contributed by atoms with E-state index in [4.69, 9.17) is 4.74 Å². The molecule has 1 aliphatic heterocycles. The molecule has 33 heavy (non-hydrogen) atoms. The minimum atomic E-state index is -4.46. The van der Waals surface area contributed by atoms with Crippen molar-refractivity contribution in [1.29, 1.82) is 0 Å². The number of hydrogen-bond acceptors (Lipinski definition) is 7. The summed E-state index contributed by atoms with van der Waals surface area (Å²) >= 11 is 0.909. The lowest BCUT2D eigenvalue weighted by Crippen LogP contribution is -2.38. The maximum atomic E-state index is 13.2. The fourth-order valence-corrected chi connectivity index (χ4v) is 4.07. The number of Topliss-reactive ketones (excluding diaryl/α,β-unsaturated/α-hetero) is 1. The van der Waals surface area contributed by atoms with Gasteiger partial charge in [-0.05, 0) is 30.2 Å². The summed E-state index contributed by atoms with van der Waals surface area (Å²) in [6.45, 7) is 4.27. The molecule has 0 aliphatic carbocycles. The van der Waals surface area contributed by atoms with Gasteiger partial charge in [0.05, 0.1) is 19.0 Å². The predicted octanol–water partition coefficient (Wildman–Crippen LogP) is 3.64. The van der Waals surface area contributed by atoms with Crippen molar-refractivity contribution in [3.8, 4) is 0 Å². The molecule has 0 saturated carbocycles. The molecule has 0 atom stereocenters. The Hall–Kier alpha value is -2.60. The van der Waals surface area contributed by atoms with Gasteiger partial charge in [0.1, 0.15) is 6.54 Å². The average Bonchev–Trinajstić information content (AvgIpc) is 3.13. The first-order valence-electron chi connectivity index (χ1n) is 10.5. The summed E-state index contributed by atoms with van der Waals surface area (Å²) in [7, 11) is 0. The van der Waals surface area contributed by atoms with Gasteiger partial charge in [0.15, 0.2) is 10.9 Å². The summed E-state index contributed by atoms with van der Waals surface area (Å²) < 4.78 is 45.8. The van der Waals surface area contributed by atoms with Crippen molar-refractivity contribution < 1.29 is 27.5 Å². The van der Waals surface area contributed by atoms with Crippen LogP contribution in [0.25, 0.3) is 0 Å². The zero-order valence-corrected chi connectivity index (χ0v) is 19.2. The Bertz CT molecular complexity index is 957. The van der Waals surface area contributed by atoms with Crippen LogP contribution < -0.4 is 10.2 Å². The molecule has 2 aromatic rings. The lowest BCUT2D eigenvalue weighted by molar-refractivity contribution is -0.141. The van der Waals surface area contributed by atoms with Crippen LogP contribution in [-0.2, 0) is 16.1 Å². The minimum Gasteiger partial charge on any atom is -0.378 e. The Morgan fingerprint density at radius 1 is 1.15 bits per heavy atom. The Labute approximate surface area is 193 Å². The van der Waals surface area contributed by atoms with E-state index in [0.29, 0.717) is 44.0 Å². The number of aromatic nitrogens is 3. The normalized spacial score (nSPS) is 14.5. The Morgan fingerprint density at radius 3 is 2.42 bits per heavy atom. The molecule has 12 heteroatoms. The van der Waals surface area contributed by atoms with Gasteiger partial charge in [0.25, 0.3) is 0 Å². The summed E-state index contributed by atoms with van der Waals surface area (Å²) in [6.07, 6.45) is -4.07. The van der Waals surface area contributed by atoms with E-state index in [1.54, 1.807) is 29.2 Å². The van der Waals surface area contributed by atoms with Crippen LogP contribution >= 0.6 is 11.8 Å². The smallest absolute Gasteiger partial charge is 0.378 e. The molecule has 2 heterocycles. The summed E-state index contributed by atoms with van der Waals surface area (Å²) in [5.41, 5.74) is 0.963. The Kier molecular flexibility index (Phi) is 8.35. The number of alkyl halides is 3. The number of carbonyl (C=O) groups excluding carboxylic acids is 2. The number of carbonyl (C=O) groups is 2. The SMILES string of the molecule is CC(C)CC(=O)Nc1ccc(C(=O)CSc2nnc(N3CCOCC3)n2CC(F)(F)F)cc1. The largest absolute Gasteiger partial charge is 0.406 e. The zero-order chi connectivity index (χ0) is 24.0. The molecule has 0 bridgehead atoms. The maximum absolute atomic E-state index is 13.2. The number of halogens is 3. The molecule has 1 aliphatic rings. The average molecular weight is 486 g/mol. The van der Waals surface area contributed by atoms with Gasteiger partial charge in [-0.2, -0.15) is 13.2 Å². The van der Waals surface area contributed by atoms with Crippen LogP contribution in [0.3, 0.4) is 0 Å². The lowest BCUT2D eigenvalue weighted by Gasteiger charge is -2.28. The number of anilines is 2. The molecule has 0 spiro atoms. The Balaban J connectivity index is 1.65. The van der Waals surface area contributed by atoms with E-state index < -0.39 is 12.7 Å². The van der Waals surface area contributed by atoms with Crippen LogP contribution in [0.15, 0.2) is 29.4 Å². The predicted molar refractivity (Wildman–Crippen MR) is 119 cm³/mol. The maximum Gasteiger partial charge on any atom is 0.406 e. The fraction of sp³-hybridized carbons (Fsp3) is 0.524. The molecular formula is C21H26F3N5O3S. The van der Waals surface area contributed by atoms with Crippen molar-refractivity contribution in [2.24, 2.45) is 5.92 Å². The van der Waals surface area contributed by atoms with Crippen molar-refractivity contribution in [2.75, 3.05) is 42.3 Å². The number of ether oxygens (including phenoxy) is 1. The van der Waals surface area contributed by atoms with Crippen molar-refractivity contribution >= 4 is 35.1 Å². The lowest BCUT2D eigenvalue weighted by atomic mass is 10.1. The number of hydrogen-bond donors (Lipinski definition) is 1. The summed E-state index contributed by atoms with van der Waals surface area (Å²) in [5.74, 6) is -0.134. The molecule has 1 aromatic heterocycles. The molecule has 1 aromatic carbocycles. The van der Waals surface area contributed by atoms with E-state index >= 15 is 0 Å². The topological polar surface area (TPSA) is 89.3 Å². The van der Waals surface area contributed by atoms with Gasteiger partial charge in [-0.15, -0.1) is 10.2 Å². The van der Waals surface area contributed by atoms with Gasteiger partial charge < -0.3 is 15.0 Å². The van der Waals surface area contributed by atoms with E-state index in [-0.39, 0.29) is 34.5 Å². The number of nitrogens with zero attached hydrogens (tertiary/aromatic N) is 4. The monoisotopic (exact) mass is 485 g/mol.